The van der Waals surface area contributed by atoms with Crippen molar-refractivity contribution in [2.45, 2.75) is 4.90 Å². The van der Waals surface area contributed by atoms with Crippen molar-refractivity contribution in [2.75, 3.05) is 5.88 Å². The molecule has 0 saturated carbocycles. The van der Waals surface area contributed by atoms with Crippen LogP contribution in [0.15, 0.2) is 114 Å². The molecule has 2 heteroatoms. The van der Waals surface area contributed by atoms with Crippen molar-refractivity contribution in [2.24, 2.45) is 0 Å². The third-order valence-electron chi connectivity index (χ3n) is 5.08. The van der Waals surface area contributed by atoms with E-state index in [2.05, 4.69) is 114 Å². The molecule has 0 N–H and O–H groups in total. The Kier molecular flexibility index (Phi) is 4.56. The van der Waals surface area contributed by atoms with E-state index in [9.17, 15) is 0 Å². The van der Waals surface area contributed by atoms with Gasteiger partial charge in [-0.15, -0.1) is 0 Å². The van der Waals surface area contributed by atoms with Gasteiger partial charge in [-0.25, -0.2) is 0 Å². The highest BCUT2D eigenvalue weighted by atomic mass is 32.2. The van der Waals surface area contributed by atoms with E-state index in [1.54, 1.807) is 0 Å². The van der Waals surface area contributed by atoms with Crippen molar-refractivity contribution in [3.8, 4) is 11.1 Å². The maximum Gasteiger partial charge on any atom is 0.222 e. The van der Waals surface area contributed by atoms with E-state index in [0.29, 0.717) is 0 Å². The van der Waals surface area contributed by atoms with Gasteiger partial charge in [-0.3, -0.25) is 0 Å². The normalized spacial score (nSPS) is 13.3. The average molecular weight is 379 g/mol. The van der Waals surface area contributed by atoms with Crippen LogP contribution in [-0.4, -0.2) is 16.2 Å². The lowest BCUT2D eigenvalue weighted by Gasteiger charge is -2.20. The Morgan fingerprint density at radius 2 is 1.11 bits per heavy atom. The Labute approximate surface area is 170 Å². The summed E-state index contributed by atoms with van der Waals surface area (Å²) < 4.78 is 2.43. The molecule has 4 aromatic carbocycles. The van der Waals surface area contributed by atoms with Gasteiger partial charge in [-0.05, 0) is 29.3 Å². The molecule has 28 heavy (non-hydrogen) atoms. The molecule has 1 heterocycles. The molecule has 0 atom stereocenters. The highest BCUT2D eigenvalue weighted by molar-refractivity contribution is 7.99. The van der Waals surface area contributed by atoms with Gasteiger partial charge in [0.1, 0.15) is 0 Å². The van der Waals surface area contributed by atoms with Crippen molar-refractivity contribution >= 4 is 23.2 Å². The number of para-hydroxylation sites is 1. The fraction of sp³-hybridized carbons (Fsp3) is 0.0385. The van der Waals surface area contributed by atoms with Crippen LogP contribution in [0.4, 0.5) is 5.69 Å². The Hall–Kier alpha value is -3.10. The summed E-state index contributed by atoms with van der Waals surface area (Å²) in [6.45, 7) is 0. The Balaban J connectivity index is 1.78. The molecule has 134 valence electrons. The van der Waals surface area contributed by atoms with Crippen molar-refractivity contribution in [1.29, 1.82) is 0 Å². The van der Waals surface area contributed by atoms with E-state index in [1.165, 1.54) is 38.5 Å². The van der Waals surface area contributed by atoms with Crippen LogP contribution in [0.2, 0.25) is 0 Å². The van der Waals surface area contributed by atoms with Gasteiger partial charge in [0.05, 0.1) is 5.56 Å². The van der Waals surface area contributed by atoms with Crippen LogP contribution < -0.4 is 0 Å². The second-order valence-electron chi connectivity index (χ2n) is 6.80. The van der Waals surface area contributed by atoms with Gasteiger partial charge in [0.15, 0.2) is 5.88 Å². The third kappa shape index (κ3) is 3.06. The molecular weight excluding hydrogens is 358 g/mol. The van der Waals surface area contributed by atoms with E-state index in [4.69, 9.17) is 0 Å². The van der Waals surface area contributed by atoms with Crippen LogP contribution in [0.3, 0.4) is 0 Å². The second kappa shape index (κ2) is 7.49. The zero-order valence-corrected chi connectivity index (χ0v) is 16.3. The number of thioether (sulfide) groups is 1. The van der Waals surface area contributed by atoms with Gasteiger partial charge in [-0.1, -0.05) is 90.6 Å². The average Bonchev–Trinajstić information content (AvgIpc) is 2.79. The number of hydrogen-bond acceptors (Lipinski definition) is 1. The van der Waals surface area contributed by atoms with Gasteiger partial charge in [0.2, 0.25) is 11.4 Å². The second-order valence-corrected chi connectivity index (χ2v) is 7.76. The summed E-state index contributed by atoms with van der Waals surface area (Å²) in [5.41, 5.74) is 7.63. The minimum absolute atomic E-state index is 0.894. The van der Waals surface area contributed by atoms with Crippen LogP contribution in [-0.2, 0) is 0 Å². The Morgan fingerprint density at radius 1 is 0.536 bits per heavy atom. The van der Waals surface area contributed by atoms with Crippen LogP contribution in [0.5, 0.6) is 0 Å². The molecule has 0 bridgehead atoms. The summed E-state index contributed by atoms with van der Waals surface area (Å²) >= 11 is 1.92. The van der Waals surface area contributed by atoms with Gasteiger partial charge in [0.25, 0.3) is 0 Å². The third-order valence-corrected chi connectivity index (χ3v) is 6.19. The zero-order valence-electron chi connectivity index (χ0n) is 15.5. The minimum Gasteiger partial charge on any atom is -0.181 e. The van der Waals surface area contributed by atoms with E-state index in [0.717, 1.165) is 5.88 Å². The molecule has 0 radical (unpaired) electrons. The highest BCUT2D eigenvalue weighted by Gasteiger charge is 2.30. The van der Waals surface area contributed by atoms with Gasteiger partial charge < -0.3 is 0 Å². The van der Waals surface area contributed by atoms with Gasteiger partial charge in [0, 0.05) is 22.6 Å². The number of benzene rings is 4. The summed E-state index contributed by atoms with van der Waals surface area (Å²) in [5, 5.41) is 0. The first-order valence-electron chi connectivity index (χ1n) is 9.48. The SMILES string of the molecule is c1ccc(C2=[N+](c3ccccc3)CSc3c2cccc3-c2ccccc2)cc1. The minimum atomic E-state index is 0.894. The van der Waals surface area contributed by atoms with Crippen molar-refractivity contribution < 1.29 is 4.58 Å². The van der Waals surface area contributed by atoms with Gasteiger partial charge in [-0.2, -0.15) is 4.58 Å². The summed E-state index contributed by atoms with van der Waals surface area (Å²) in [5.74, 6) is 0.894. The number of nitrogens with zero attached hydrogens (tertiary/aromatic N) is 1. The first kappa shape index (κ1) is 17.0. The number of rotatable bonds is 3. The maximum atomic E-state index is 2.43. The van der Waals surface area contributed by atoms with Crippen LogP contribution in [0.1, 0.15) is 11.1 Å². The quantitative estimate of drug-likeness (QED) is 0.363. The van der Waals surface area contributed by atoms with Crippen LogP contribution in [0.25, 0.3) is 11.1 Å². The van der Waals surface area contributed by atoms with Crippen LogP contribution >= 0.6 is 11.8 Å². The standard InChI is InChI=1S/C26H20NS/c1-4-11-20(12-5-1)23-17-10-18-24-25(21-13-6-2-7-14-21)27(19-28-26(23)24)22-15-8-3-9-16-22/h1-18H,19H2/q+1. The molecule has 1 nitrogen and oxygen atoms in total. The van der Waals surface area contributed by atoms with Gasteiger partial charge >= 0.3 is 0 Å². The smallest absolute Gasteiger partial charge is 0.181 e. The van der Waals surface area contributed by atoms with E-state index < -0.39 is 0 Å². The highest BCUT2D eigenvalue weighted by Crippen LogP contribution is 2.39. The van der Waals surface area contributed by atoms with E-state index in [1.807, 2.05) is 11.8 Å². The molecule has 1 aliphatic rings. The van der Waals surface area contributed by atoms with Crippen LogP contribution in [0, 0.1) is 0 Å². The lowest BCUT2D eigenvalue weighted by Crippen LogP contribution is -2.24. The summed E-state index contributed by atoms with van der Waals surface area (Å²) in [4.78, 5) is 1.36. The van der Waals surface area contributed by atoms with Crippen molar-refractivity contribution in [1.82, 2.24) is 0 Å². The largest absolute Gasteiger partial charge is 0.222 e. The molecule has 5 rings (SSSR count). The first-order chi connectivity index (χ1) is 13.9. The molecule has 0 aromatic heterocycles. The molecule has 0 saturated heterocycles. The van der Waals surface area contributed by atoms with Crippen molar-refractivity contribution in [3.63, 3.8) is 0 Å². The first-order valence-corrected chi connectivity index (χ1v) is 10.5. The maximum absolute atomic E-state index is 2.43. The number of hydrogen-bond donors (Lipinski definition) is 0. The topological polar surface area (TPSA) is 3.01 Å². The summed E-state index contributed by atoms with van der Waals surface area (Å²) in [7, 11) is 0. The number of fused-ring (bicyclic) bond motifs is 1. The molecular formula is C26H20NS+. The zero-order chi connectivity index (χ0) is 18.8. The predicted molar refractivity (Wildman–Crippen MR) is 119 cm³/mol. The summed E-state index contributed by atoms with van der Waals surface area (Å²) in [6, 6.07) is 38.8. The molecule has 4 aromatic rings. The lowest BCUT2D eigenvalue weighted by atomic mass is 9.96. The van der Waals surface area contributed by atoms with Crippen molar-refractivity contribution in [3.05, 3.63) is 120 Å². The monoisotopic (exact) mass is 378 g/mol. The Morgan fingerprint density at radius 3 is 1.79 bits per heavy atom. The fourth-order valence-corrected chi connectivity index (χ4v) is 4.98. The molecule has 0 amide bonds. The fourth-order valence-electron chi connectivity index (χ4n) is 3.78. The predicted octanol–water partition coefficient (Wildman–Crippen LogP) is 6.60. The summed E-state index contributed by atoms with van der Waals surface area (Å²) in [6.07, 6.45) is 0. The molecule has 0 unspecified atom stereocenters. The van der Waals surface area contributed by atoms with E-state index in [-0.39, 0.29) is 0 Å². The molecule has 0 fully saturated rings. The Bertz CT molecular complexity index is 1130. The molecule has 0 aliphatic carbocycles. The lowest BCUT2D eigenvalue weighted by molar-refractivity contribution is -0.416. The molecule has 0 spiro atoms. The van der Waals surface area contributed by atoms with E-state index >= 15 is 0 Å². The molecule has 1 aliphatic heterocycles.